The Morgan fingerprint density at radius 2 is 1.81 bits per heavy atom. The molecule has 0 bridgehead atoms. The van der Waals surface area contributed by atoms with E-state index in [0.29, 0.717) is 6.61 Å². The lowest BCUT2D eigenvalue weighted by atomic mass is 9.85. The molecule has 184 valence electrons. The summed E-state index contributed by atoms with van der Waals surface area (Å²) in [5.74, 6) is -2.47. The summed E-state index contributed by atoms with van der Waals surface area (Å²) in [6.07, 6.45) is 3.49. The number of carbonyl (C=O) groups excluding carboxylic acids is 3. The number of rotatable bonds is 5. The van der Waals surface area contributed by atoms with Gasteiger partial charge in [-0.25, -0.2) is 0 Å². The molecule has 9 nitrogen and oxygen atoms in total. The van der Waals surface area contributed by atoms with E-state index in [9.17, 15) is 24.5 Å². The SMILES string of the molecule is CC1=C[C@@H]2[C@H]3C(=O)N(C[C@@H]4CCCO4)C(=O)[C@H]3[C@H](C(=O)c3ccc([N+](=O)[O-])cc3)N2c2ccccc21. The van der Waals surface area contributed by atoms with Gasteiger partial charge in [0.15, 0.2) is 5.78 Å². The zero-order valence-electron chi connectivity index (χ0n) is 19.7. The van der Waals surface area contributed by atoms with E-state index in [-0.39, 0.29) is 41.5 Å². The van der Waals surface area contributed by atoms with Crippen LogP contribution in [0.4, 0.5) is 11.4 Å². The van der Waals surface area contributed by atoms with Gasteiger partial charge in [0.25, 0.3) is 5.69 Å². The molecule has 9 heteroatoms. The van der Waals surface area contributed by atoms with E-state index in [1.54, 1.807) is 0 Å². The summed E-state index contributed by atoms with van der Waals surface area (Å²) in [5.41, 5.74) is 2.90. The Morgan fingerprint density at radius 1 is 1.08 bits per heavy atom. The van der Waals surface area contributed by atoms with Crippen LogP contribution in [-0.2, 0) is 14.3 Å². The second kappa shape index (κ2) is 8.37. The van der Waals surface area contributed by atoms with E-state index in [2.05, 4.69) is 0 Å². The van der Waals surface area contributed by atoms with Crippen LogP contribution in [0.1, 0.15) is 35.7 Å². The number of hydrogen-bond donors (Lipinski definition) is 0. The minimum atomic E-state index is -0.905. The maximum absolute atomic E-state index is 14.0. The number of nitrogens with zero attached hydrogens (tertiary/aromatic N) is 3. The Hall–Kier alpha value is -3.85. The second-order valence-corrected chi connectivity index (χ2v) is 9.85. The van der Waals surface area contributed by atoms with E-state index in [0.717, 1.165) is 29.7 Å². The maximum atomic E-state index is 14.0. The van der Waals surface area contributed by atoms with Crippen molar-refractivity contribution in [2.45, 2.75) is 38.0 Å². The average Bonchev–Trinajstić information content (AvgIpc) is 3.57. The van der Waals surface area contributed by atoms with Crippen LogP contribution >= 0.6 is 0 Å². The van der Waals surface area contributed by atoms with Gasteiger partial charge in [0.1, 0.15) is 6.04 Å². The monoisotopic (exact) mass is 487 g/mol. The van der Waals surface area contributed by atoms with Gasteiger partial charge in [0.05, 0.1) is 35.4 Å². The number of para-hydroxylation sites is 1. The standard InChI is InChI=1S/C27H25N3O6/c1-15-13-21-22-23(27(33)28(26(22)32)14-18-5-4-12-36-18)24(29(21)20-7-3-2-6-19(15)20)25(31)16-8-10-17(11-9-16)30(34)35/h2-3,6-11,13,18,21-24H,4-5,12,14H2,1H3/t18-,21+,22+,23+,24+/m0/s1. The van der Waals surface area contributed by atoms with Crippen molar-refractivity contribution in [3.05, 3.63) is 75.8 Å². The molecule has 2 aromatic rings. The molecule has 0 saturated carbocycles. The summed E-state index contributed by atoms with van der Waals surface area (Å²) < 4.78 is 5.69. The van der Waals surface area contributed by atoms with Crippen molar-refractivity contribution in [2.75, 3.05) is 18.1 Å². The van der Waals surface area contributed by atoms with E-state index < -0.39 is 28.8 Å². The van der Waals surface area contributed by atoms with Crippen molar-refractivity contribution in [1.82, 2.24) is 4.90 Å². The van der Waals surface area contributed by atoms with Crippen molar-refractivity contribution in [2.24, 2.45) is 11.8 Å². The number of fused-ring (bicyclic) bond motifs is 5. The summed E-state index contributed by atoms with van der Waals surface area (Å²) >= 11 is 0. The number of hydrogen-bond acceptors (Lipinski definition) is 7. The van der Waals surface area contributed by atoms with E-state index in [1.807, 2.05) is 42.2 Å². The number of amides is 2. The molecule has 5 atom stereocenters. The first kappa shape index (κ1) is 22.6. The molecule has 0 aromatic heterocycles. The number of imide groups is 1. The molecule has 2 aromatic carbocycles. The molecule has 36 heavy (non-hydrogen) atoms. The average molecular weight is 488 g/mol. The van der Waals surface area contributed by atoms with Crippen LogP contribution in [0.25, 0.3) is 5.57 Å². The predicted molar refractivity (Wildman–Crippen MR) is 130 cm³/mol. The van der Waals surface area contributed by atoms with Crippen molar-refractivity contribution in [3.8, 4) is 0 Å². The lowest BCUT2D eigenvalue weighted by molar-refractivity contribution is -0.384. The minimum absolute atomic E-state index is 0.120. The number of allylic oxidation sites excluding steroid dienone is 1. The van der Waals surface area contributed by atoms with E-state index in [1.165, 1.54) is 29.2 Å². The summed E-state index contributed by atoms with van der Waals surface area (Å²) in [6, 6.07) is 11.7. The fourth-order valence-corrected chi connectivity index (χ4v) is 6.25. The first-order chi connectivity index (χ1) is 17.4. The number of ether oxygens (including phenoxy) is 1. The Morgan fingerprint density at radius 3 is 2.50 bits per heavy atom. The number of likely N-dealkylation sites (tertiary alicyclic amines) is 1. The lowest BCUT2D eigenvalue weighted by Gasteiger charge is -2.38. The van der Waals surface area contributed by atoms with E-state index >= 15 is 0 Å². The summed E-state index contributed by atoms with van der Waals surface area (Å²) in [7, 11) is 0. The second-order valence-electron chi connectivity index (χ2n) is 9.85. The molecule has 6 rings (SSSR count). The van der Waals surface area contributed by atoms with Crippen LogP contribution < -0.4 is 4.90 Å². The topological polar surface area (TPSA) is 110 Å². The smallest absolute Gasteiger partial charge is 0.269 e. The number of nitro groups is 1. The van der Waals surface area contributed by atoms with Crippen molar-refractivity contribution >= 4 is 34.5 Å². The zero-order chi connectivity index (χ0) is 25.1. The number of benzene rings is 2. The Kier molecular flexibility index (Phi) is 5.26. The highest BCUT2D eigenvalue weighted by Crippen LogP contribution is 2.50. The largest absolute Gasteiger partial charge is 0.376 e. The third-order valence-corrected chi connectivity index (χ3v) is 7.89. The van der Waals surface area contributed by atoms with Crippen LogP contribution in [0.3, 0.4) is 0 Å². The van der Waals surface area contributed by atoms with Gasteiger partial charge in [0.2, 0.25) is 11.8 Å². The molecule has 0 aliphatic carbocycles. The number of Topliss-reactive ketones (excluding diaryl/α,β-unsaturated/α-hetero) is 1. The first-order valence-corrected chi connectivity index (χ1v) is 12.2. The third kappa shape index (κ3) is 3.30. The molecule has 0 spiro atoms. The van der Waals surface area contributed by atoms with Crippen LogP contribution in [-0.4, -0.2) is 58.8 Å². The first-order valence-electron chi connectivity index (χ1n) is 12.2. The van der Waals surface area contributed by atoms with Crippen LogP contribution in [0.15, 0.2) is 54.6 Å². The minimum Gasteiger partial charge on any atom is -0.376 e. The van der Waals surface area contributed by atoms with Crippen LogP contribution in [0, 0.1) is 22.0 Å². The highest BCUT2D eigenvalue weighted by atomic mass is 16.6. The van der Waals surface area contributed by atoms with Gasteiger partial charge in [-0.1, -0.05) is 24.3 Å². The van der Waals surface area contributed by atoms with Crippen molar-refractivity contribution in [1.29, 1.82) is 0 Å². The Labute approximate surface area is 207 Å². The molecular formula is C27H25N3O6. The zero-order valence-corrected chi connectivity index (χ0v) is 19.7. The number of nitro benzene ring substituents is 1. The van der Waals surface area contributed by atoms with Gasteiger partial charge in [-0.2, -0.15) is 0 Å². The summed E-state index contributed by atoms with van der Waals surface area (Å²) in [4.78, 5) is 55.2. The molecule has 2 amide bonds. The molecule has 4 aliphatic rings. The molecule has 3 fully saturated rings. The highest BCUT2D eigenvalue weighted by molar-refractivity contribution is 6.14. The fraction of sp³-hybridized carbons (Fsp3) is 0.370. The number of non-ortho nitro benzene ring substituents is 1. The Balaban J connectivity index is 1.44. The van der Waals surface area contributed by atoms with Crippen LogP contribution in [0.2, 0.25) is 0 Å². The highest BCUT2D eigenvalue weighted by Gasteiger charge is 2.64. The van der Waals surface area contributed by atoms with Gasteiger partial charge in [-0.3, -0.25) is 29.4 Å². The van der Waals surface area contributed by atoms with Gasteiger partial charge < -0.3 is 9.64 Å². The molecule has 4 aliphatic heterocycles. The number of carbonyl (C=O) groups is 3. The number of anilines is 1. The van der Waals surface area contributed by atoms with Gasteiger partial charge >= 0.3 is 0 Å². The maximum Gasteiger partial charge on any atom is 0.269 e. The van der Waals surface area contributed by atoms with Crippen LogP contribution in [0.5, 0.6) is 0 Å². The molecule has 0 N–H and O–H groups in total. The normalized spacial score (nSPS) is 28.6. The number of ketones is 1. The Bertz CT molecular complexity index is 1310. The van der Waals surface area contributed by atoms with Gasteiger partial charge in [0, 0.05) is 35.6 Å². The molecule has 4 heterocycles. The van der Waals surface area contributed by atoms with Gasteiger partial charge in [-0.15, -0.1) is 0 Å². The van der Waals surface area contributed by atoms with Gasteiger partial charge in [-0.05, 0) is 43.5 Å². The molecular weight excluding hydrogens is 462 g/mol. The van der Waals surface area contributed by atoms with E-state index in [4.69, 9.17) is 4.74 Å². The molecule has 3 saturated heterocycles. The summed E-state index contributed by atoms with van der Waals surface area (Å²) in [6.45, 7) is 2.79. The summed E-state index contributed by atoms with van der Waals surface area (Å²) in [5, 5.41) is 11.1. The fourth-order valence-electron chi connectivity index (χ4n) is 6.25. The molecule has 0 unspecified atom stereocenters. The lowest BCUT2D eigenvalue weighted by Crippen LogP contribution is -2.49. The van der Waals surface area contributed by atoms with Crippen molar-refractivity contribution in [3.63, 3.8) is 0 Å². The third-order valence-electron chi connectivity index (χ3n) is 7.89. The predicted octanol–water partition coefficient (Wildman–Crippen LogP) is 3.23. The quantitative estimate of drug-likeness (QED) is 0.276. The van der Waals surface area contributed by atoms with Crippen molar-refractivity contribution < 1.29 is 24.0 Å². The molecule has 0 radical (unpaired) electrons.